The van der Waals surface area contributed by atoms with Gasteiger partial charge in [-0.3, -0.25) is 9.80 Å². The Morgan fingerprint density at radius 3 is 1.50 bits per heavy atom. The van der Waals surface area contributed by atoms with Crippen LogP contribution >= 0.6 is 0 Å². The fraction of sp³-hybridized carbons (Fsp3) is 0.462. The van der Waals surface area contributed by atoms with Crippen molar-refractivity contribution in [2.24, 2.45) is 0 Å². The predicted octanol–water partition coefficient (Wildman–Crippen LogP) is 2.03. The summed E-state index contributed by atoms with van der Waals surface area (Å²) in [5.74, 6) is -0.594. The van der Waals surface area contributed by atoms with Crippen LogP contribution in [0.4, 0.5) is 0 Å². The lowest BCUT2D eigenvalue weighted by Gasteiger charge is -2.36. The highest BCUT2D eigenvalue weighted by atomic mass is 16.5. The first kappa shape index (κ1) is 23.0. The number of carbonyl (C=O) groups is 2. The number of nitrogens with zero attached hydrogens (tertiary/aromatic N) is 2. The van der Waals surface area contributed by atoms with Gasteiger partial charge in [-0.15, -0.1) is 0 Å². The first-order chi connectivity index (χ1) is 16.3. The number of aliphatic hydroxyl groups excluding tert-OH is 2. The molecule has 0 saturated carbocycles. The number of hydrogen-bond acceptors (Lipinski definition) is 8. The summed E-state index contributed by atoms with van der Waals surface area (Å²) in [7, 11) is 0. The molecule has 1 unspecified atom stereocenters. The number of β-amino-alcohol motifs (C(OH)–C–C–N with tert-alkyl or cyclic N) is 2. The van der Waals surface area contributed by atoms with Gasteiger partial charge in [-0.2, -0.15) is 0 Å². The van der Waals surface area contributed by atoms with E-state index in [4.69, 9.17) is 9.47 Å². The molecule has 2 aromatic rings. The molecule has 0 aliphatic carbocycles. The zero-order chi connectivity index (χ0) is 24.0. The van der Waals surface area contributed by atoms with Gasteiger partial charge in [0.15, 0.2) is 0 Å². The summed E-state index contributed by atoms with van der Waals surface area (Å²) in [5.41, 5.74) is 6.46. The lowest BCUT2D eigenvalue weighted by Crippen LogP contribution is -2.48. The zero-order valence-corrected chi connectivity index (χ0v) is 19.5. The van der Waals surface area contributed by atoms with Gasteiger partial charge < -0.3 is 19.7 Å². The second kappa shape index (κ2) is 9.11. The molecule has 0 amide bonds. The predicted molar refractivity (Wildman–Crippen MR) is 123 cm³/mol. The molecular formula is C26H30N2O6. The Kier molecular flexibility index (Phi) is 6.16. The van der Waals surface area contributed by atoms with Gasteiger partial charge in [0.25, 0.3) is 0 Å². The molecular weight excluding hydrogens is 436 g/mol. The van der Waals surface area contributed by atoms with E-state index in [1.165, 1.54) is 0 Å². The van der Waals surface area contributed by atoms with E-state index in [0.717, 1.165) is 59.6 Å². The van der Waals surface area contributed by atoms with E-state index in [2.05, 4.69) is 9.80 Å². The van der Waals surface area contributed by atoms with Gasteiger partial charge in [-0.25, -0.2) is 9.59 Å². The van der Waals surface area contributed by atoms with Crippen LogP contribution in [0.2, 0.25) is 0 Å². The molecule has 0 spiro atoms. The third-order valence-corrected chi connectivity index (χ3v) is 7.46. The molecule has 1 fully saturated rings. The molecule has 3 aliphatic rings. The van der Waals surface area contributed by atoms with E-state index in [1.54, 1.807) is 12.1 Å². The maximum absolute atomic E-state index is 11.8. The topological polar surface area (TPSA) is 99.5 Å². The average Bonchev–Trinajstić information content (AvgIpc) is 3.39. The summed E-state index contributed by atoms with van der Waals surface area (Å²) in [4.78, 5) is 28.0. The highest BCUT2D eigenvalue weighted by Crippen LogP contribution is 2.31. The fourth-order valence-corrected chi connectivity index (χ4v) is 5.30. The minimum absolute atomic E-state index is 0.272. The third-order valence-electron chi connectivity index (χ3n) is 7.46. The lowest BCUT2D eigenvalue weighted by molar-refractivity contribution is 0.0478. The number of carbonyl (C=O) groups excluding carboxylic acids is 2. The summed E-state index contributed by atoms with van der Waals surface area (Å²) in [6.07, 6.45) is -1.28. The minimum Gasteiger partial charge on any atom is -0.457 e. The number of benzene rings is 2. The van der Waals surface area contributed by atoms with Crippen molar-refractivity contribution >= 4 is 11.9 Å². The van der Waals surface area contributed by atoms with Crippen LogP contribution < -0.4 is 0 Å². The maximum Gasteiger partial charge on any atom is 0.338 e. The van der Waals surface area contributed by atoms with Crippen LogP contribution in [0, 0.1) is 13.8 Å². The second-order valence-corrected chi connectivity index (χ2v) is 9.40. The van der Waals surface area contributed by atoms with Crippen LogP contribution in [0.1, 0.15) is 66.3 Å². The molecule has 5 rings (SSSR count). The molecule has 8 nitrogen and oxygen atoms in total. The third kappa shape index (κ3) is 4.11. The Bertz CT molecular complexity index is 1050. The number of esters is 2. The molecule has 0 radical (unpaired) electrons. The van der Waals surface area contributed by atoms with Crippen molar-refractivity contribution in [1.82, 2.24) is 9.80 Å². The standard InChI is InChI=1S/C26H30N2O6/c1-15-17(3-5-19-21(15)13-33-25(19)31)23(29)11-27-7-9-28(10-8-27)12-24(30)18-4-6-20-22(16(18)2)14-34-26(20)32/h3-6,23-24,29-30H,7-14H2,1-2H3/t23-,24?/m0/s1. The molecule has 180 valence electrons. The van der Waals surface area contributed by atoms with E-state index >= 15 is 0 Å². The molecule has 34 heavy (non-hydrogen) atoms. The number of hydrogen-bond donors (Lipinski definition) is 2. The van der Waals surface area contributed by atoms with Crippen LogP contribution in [0.25, 0.3) is 0 Å². The minimum atomic E-state index is -0.642. The van der Waals surface area contributed by atoms with Gasteiger partial charge in [0.2, 0.25) is 0 Å². The number of rotatable bonds is 6. The van der Waals surface area contributed by atoms with Crippen LogP contribution in [0.15, 0.2) is 24.3 Å². The maximum atomic E-state index is 11.8. The summed E-state index contributed by atoms with van der Waals surface area (Å²) in [6.45, 7) is 8.61. The lowest BCUT2D eigenvalue weighted by atomic mass is 9.95. The summed E-state index contributed by atoms with van der Waals surface area (Å²) < 4.78 is 10.2. The van der Waals surface area contributed by atoms with Crippen molar-refractivity contribution in [3.05, 3.63) is 68.8 Å². The molecule has 0 bridgehead atoms. The average molecular weight is 467 g/mol. The summed E-state index contributed by atoms with van der Waals surface area (Å²) in [6, 6.07) is 7.15. The van der Waals surface area contributed by atoms with E-state index in [9.17, 15) is 19.8 Å². The van der Waals surface area contributed by atoms with Crippen molar-refractivity contribution < 1.29 is 29.3 Å². The van der Waals surface area contributed by atoms with E-state index in [-0.39, 0.29) is 25.2 Å². The largest absolute Gasteiger partial charge is 0.457 e. The van der Waals surface area contributed by atoms with Crippen LogP contribution in [0.3, 0.4) is 0 Å². The SMILES string of the molecule is Cc1c(C(O)CN2CCN(C[C@H](O)c3ccc4c(c3C)COC4=O)CC2)ccc2c1COC2=O. The molecule has 2 atom stereocenters. The normalized spacial score (nSPS) is 20.0. The Morgan fingerprint density at radius 2 is 1.12 bits per heavy atom. The van der Waals surface area contributed by atoms with Gasteiger partial charge >= 0.3 is 11.9 Å². The van der Waals surface area contributed by atoms with Crippen molar-refractivity contribution in [2.75, 3.05) is 39.3 Å². The van der Waals surface area contributed by atoms with Crippen molar-refractivity contribution in [1.29, 1.82) is 0 Å². The number of fused-ring (bicyclic) bond motifs is 2. The number of aliphatic hydroxyl groups is 2. The highest BCUT2D eigenvalue weighted by Gasteiger charge is 2.29. The molecule has 1 saturated heterocycles. The quantitative estimate of drug-likeness (QED) is 0.624. The van der Waals surface area contributed by atoms with Gasteiger partial charge in [-0.05, 0) is 48.2 Å². The molecule has 2 aromatic carbocycles. The Balaban J connectivity index is 1.16. The molecule has 2 N–H and O–H groups in total. The number of cyclic esters (lactones) is 2. The molecule has 3 aliphatic heterocycles. The van der Waals surface area contributed by atoms with Crippen molar-refractivity contribution in [3.63, 3.8) is 0 Å². The van der Waals surface area contributed by atoms with Crippen LogP contribution in [-0.4, -0.2) is 71.2 Å². The van der Waals surface area contributed by atoms with Crippen LogP contribution in [0.5, 0.6) is 0 Å². The van der Waals surface area contributed by atoms with E-state index in [1.807, 2.05) is 26.0 Å². The Morgan fingerprint density at radius 1 is 0.735 bits per heavy atom. The Labute approximate surface area is 198 Å². The molecule has 0 aromatic heterocycles. The number of ether oxygens (including phenoxy) is 2. The first-order valence-corrected chi connectivity index (χ1v) is 11.7. The van der Waals surface area contributed by atoms with Gasteiger partial charge in [-0.1, -0.05) is 12.1 Å². The van der Waals surface area contributed by atoms with Gasteiger partial charge in [0, 0.05) is 50.4 Å². The van der Waals surface area contributed by atoms with Crippen LogP contribution in [-0.2, 0) is 22.7 Å². The molecule has 3 heterocycles. The highest BCUT2D eigenvalue weighted by molar-refractivity contribution is 5.94. The first-order valence-electron chi connectivity index (χ1n) is 11.7. The molecule has 8 heteroatoms. The zero-order valence-electron chi connectivity index (χ0n) is 19.5. The second-order valence-electron chi connectivity index (χ2n) is 9.40. The van der Waals surface area contributed by atoms with Crippen molar-refractivity contribution in [2.45, 2.75) is 39.3 Å². The van der Waals surface area contributed by atoms with E-state index < -0.39 is 12.2 Å². The number of piperazine rings is 1. The van der Waals surface area contributed by atoms with Gasteiger partial charge in [0.1, 0.15) is 13.2 Å². The Hall–Kier alpha value is -2.78. The summed E-state index contributed by atoms with van der Waals surface area (Å²) >= 11 is 0. The smallest absolute Gasteiger partial charge is 0.338 e. The van der Waals surface area contributed by atoms with E-state index in [0.29, 0.717) is 24.2 Å². The fourth-order valence-electron chi connectivity index (χ4n) is 5.30. The van der Waals surface area contributed by atoms with Crippen molar-refractivity contribution in [3.8, 4) is 0 Å². The summed E-state index contributed by atoms with van der Waals surface area (Å²) in [5, 5.41) is 21.8. The van der Waals surface area contributed by atoms with Gasteiger partial charge in [0.05, 0.1) is 23.3 Å². The monoisotopic (exact) mass is 466 g/mol.